The van der Waals surface area contributed by atoms with E-state index in [0.717, 1.165) is 44.0 Å². The summed E-state index contributed by atoms with van der Waals surface area (Å²) in [5.74, 6) is 0. The van der Waals surface area contributed by atoms with Crippen molar-refractivity contribution >= 4 is 65.6 Å². The summed E-state index contributed by atoms with van der Waals surface area (Å²) in [6.07, 6.45) is 0. The lowest BCUT2D eigenvalue weighted by molar-refractivity contribution is 0.673. The molecule has 0 spiro atoms. The largest absolute Gasteiger partial charge is 0.455 e. The summed E-state index contributed by atoms with van der Waals surface area (Å²) in [6, 6.07) is 61.8. The van der Waals surface area contributed by atoms with Crippen molar-refractivity contribution in [3.8, 4) is 44.8 Å². The van der Waals surface area contributed by atoms with Crippen LogP contribution in [-0.2, 0) is 0 Å². The Labute approximate surface area is 292 Å². The van der Waals surface area contributed by atoms with Crippen molar-refractivity contribution in [1.29, 1.82) is 0 Å². The molecule has 11 aromatic rings. The Hall–Kier alpha value is -6.84. The molecular formula is C48H28N2O. The fourth-order valence-corrected chi connectivity index (χ4v) is 8.89. The van der Waals surface area contributed by atoms with Crippen molar-refractivity contribution in [2.75, 3.05) is 0 Å². The molecule has 0 fully saturated rings. The minimum Gasteiger partial charge on any atom is -0.455 e. The first-order valence-electron chi connectivity index (χ1n) is 17.5. The lowest BCUT2D eigenvalue weighted by Crippen LogP contribution is -1.95. The van der Waals surface area contributed by atoms with Crippen LogP contribution in [0, 0.1) is 0 Å². The normalized spacial score (nSPS) is 12.3. The first kappa shape index (κ1) is 27.0. The average Bonchev–Trinajstić information content (AvgIpc) is 3.82. The Balaban J connectivity index is 1.14. The highest BCUT2D eigenvalue weighted by Crippen LogP contribution is 2.47. The highest BCUT2D eigenvalue weighted by molar-refractivity contribution is 6.24. The Bertz CT molecular complexity index is 3250. The van der Waals surface area contributed by atoms with E-state index in [1.807, 2.05) is 6.07 Å². The number of hydrogen-bond acceptors (Lipinski definition) is 1. The van der Waals surface area contributed by atoms with Crippen LogP contribution in [0.1, 0.15) is 0 Å². The van der Waals surface area contributed by atoms with Gasteiger partial charge in [-0.05, 0) is 82.9 Å². The molecule has 0 bridgehead atoms. The van der Waals surface area contributed by atoms with Gasteiger partial charge in [0.15, 0.2) is 0 Å². The molecule has 0 atom stereocenters. The van der Waals surface area contributed by atoms with Crippen molar-refractivity contribution in [3.05, 3.63) is 170 Å². The second-order valence-electron chi connectivity index (χ2n) is 13.7. The Morgan fingerprint density at radius 3 is 1.84 bits per heavy atom. The molecule has 236 valence electrons. The highest BCUT2D eigenvalue weighted by Gasteiger charge is 2.25. The van der Waals surface area contributed by atoms with Gasteiger partial charge >= 0.3 is 0 Å². The summed E-state index contributed by atoms with van der Waals surface area (Å²) in [5.41, 5.74) is 16.4. The quantitative estimate of drug-likeness (QED) is 0.183. The van der Waals surface area contributed by atoms with Crippen molar-refractivity contribution in [1.82, 2.24) is 9.13 Å². The van der Waals surface area contributed by atoms with Crippen LogP contribution in [0.25, 0.3) is 110 Å². The molecule has 0 unspecified atom stereocenters. The minimum atomic E-state index is 0.912. The Kier molecular flexibility index (Phi) is 5.23. The summed E-state index contributed by atoms with van der Waals surface area (Å²) in [6.45, 7) is 0. The van der Waals surface area contributed by atoms with E-state index >= 15 is 0 Å². The maximum atomic E-state index is 6.65. The molecule has 0 aliphatic carbocycles. The van der Waals surface area contributed by atoms with Gasteiger partial charge in [0.05, 0.1) is 33.1 Å². The van der Waals surface area contributed by atoms with E-state index in [1.165, 1.54) is 66.3 Å². The third-order valence-corrected chi connectivity index (χ3v) is 11.1. The number of para-hydroxylation sites is 4. The molecule has 0 saturated carbocycles. The summed E-state index contributed by atoms with van der Waals surface area (Å²) < 4.78 is 11.5. The smallest absolute Gasteiger partial charge is 0.145 e. The molecule has 3 nitrogen and oxygen atoms in total. The van der Waals surface area contributed by atoms with Crippen LogP contribution in [-0.4, -0.2) is 9.13 Å². The predicted octanol–water partition coefficient (Wildman–Crippen LogP) is 13.1. The monoisotopic (exact) mass is 648 g/mol. The van der Waals surface area contributed by atoms with Crippen LogP contribution < -0.4 is 0 Å². The van der Waals surface area contributed by atoms with Crippen LogP contribution in [0.15, 0.2) is 174 Å². The van der Waals surface area contributed by atoms with Crippen LogP contribution in [0.4, 0.5) is 0 Å². The van der Waals surface area contributed by atoms with Gasteiger partial charge in [-0.3, -0.25) is 0 Å². The van der Waals surface area contributed by atoms with Gasteiger partial charge in [-0.1, -0.05) is 109 Å². The van der Waals surface area contributed by atoms with Gasteiger partial charge in [-0.15, -0.1) is 0 Å². The SMILES string of the molecule is c1ccc(-n2c3ccc(-c4ccc5c(c4)c4cccc6c4n5-c4ccccc4-c4ccccc4-6)cc3c3c4oc5ccccc5c4ccc32)cc1. The Morgan fingerprint density at radius 2 is 1.00 bits per heavy atom. The number of furan rings is 1. The number of benzene rings is 8. The molecule has 8 aromatic carbocycles. The number of rotatable bonds is 2. The minimum absolute atomic E-state index is 0.912. The molecule has 51 heavy (non-hydrogen) atoms. The van der Waals surface area contributed by atoms with Crippen molar-refractivity contribution in [2.24, 2.45) is 0 Å². The van der Waals surface area contributed by atoms with Gasteiger partial charge < -0.3 is 13.6 Å². The zero-order valence-electron chi connectivity index (χ0n) is 27.5. The van der Waals surface area contributed by atoms with E-state index in [0.29, 0.717) is 0 Å². The first-order chi connectivity index (χ1) is 25.3. The Morgan fingerprint density at radius 1 is 0.373 bits per heavy atom. The summed E-state index contributed by atoms with van der Waals surface area (Å²) in [5, 5.41) is 7.13. The van der Waals surface area contributed by atoms with Gasteiger partial charge in [0.1, 0.15) is 11.2 Å². The average molecular weight is 649 g/mol. The first-order valence-corrected chi connectivity index (χ1v) is 17.5. The van der Waals surface area contributed by atoms with Crippen LogP contribution >= 0.6 is 0 Å². The molecule has 12 rings (SSSR count). The molecule has 0 N–H and O–H groups in total. The van der Waals surface area contributed by atoms with E-state index in [2.05, 4.69) is 173 Å². The van der Waals surface area contributed by atoms with E-state index in [-0.39, 0.29) is 0 Å². The van der Waals surface area contributed by atoms with Gasteiger partial charge in [0.2, 0.25) is 0 Å². The lowest BCUT2D eigenvalue weighted by Gasteiger charge is -2.12. The zero-order valence-corrected chi connectivity index (χ0v) is 27.5. The van der Waals surface area contributed by atoms with E-state index in [9.17, 15) is 0 Å². The molecule has 3 aromatic heterocycles. The van der Waals surface area contributed by atoms with Crippen molar-refractivity contribution < 1.29 is 4.42 Å². The molecule has 3 heteroatoms. The van der Waals surface area contributed by atoms with Gasteiger partial charge in [-0.25, -0.2) is 0 Å². The number of nitrogens with zero attached hydrogens (tertiary/aromatic N) is 2. The van der Waals surface area contributed by atoms with Crippen LogP contribution in [0.2, 0.25) is 0 Å². The topological polar surface area (TPSA) is 23.0 Å². The molecule has 0 amide bonds. The van der Waals surface area contributed by atoms with Gasteiger partial charge in [0, 0.05) is 43.7 Å². The predicted molar refractivity (Wildman–Crippen MR) is 212 cm³/mol. The molecule has 0 saturated heterocycles. The van der Waals surface area contributed by atoms with Crippen molar-refractivity contribution in [3.63, 3.8) is 0 Å². The van der Waals surface area contributed by atoms with Gasteiger partial charge in [0.25, 0.3) is 0 Å². The van der Waals surface area contributed by atoms with Crippen molar-refractivity contribution in [2.45, 2.75) is 0 Å². The summed E-state index contributed by atoms with van der Waals surface area (Å²) in [4.78, 5) is 0. The third kappa shape index (κ3) is 3.57. The zero-order chi connectivity index (χ0) is 33.2. The summed E-state index contributed by atoms with van der Waals surface area (Å²) >= 11 is 0. The van der Waals surface area contributed by atoms with Crippen LogP contribution in [0.5, 0.6) is 0 Å². The summed E-state index contributed by atoms with van der Waals surface area (Å²) in [7, 11) is 0. The standard InChI is InChI=1S/C48H28N2O/c1-2-11-31(12-3-1)49-43-25-22-30(28-40(43)46-44(49)26-23-38-35-16-7-9-20-45(35)51-48(38)46)29-21-24-42-39(27-29)37-18-10-17-36-33-14-5-4-13-32(33)34-15-6-8-19-41(34)50(42)47(36)37/h1-28H. The third-order valence-electron chi connectivity index (χ3n) is 11.1. The van der Waals surface area contributed by atoms with E-state index in [1.54, 1.807) is 0 Å². The molecule has 1 aliphatic heterocycles. The fraction of sp³-hybridized carbons (Fsp3) is 0. The molecule has 1 aliphatic rings. The molecule has 0 radical (unpaired) electrons. The second kappa shape index (κ2) is 9.87. The van der Waals surface area contributed by atoms with Crippen LogP contribution in [0.3, 0.4) is 0 Å². The van der Waals surface area contributed by atoms with E-state index in [4.69, 9.17) is 4.42 Å². The fourth-order valence-electron chi connectivity index (χ4n) is 8.89. The second-order valence-corrected chi connectivity index (χ2v) is 13.7. The molecule has 4 heterocycles. The maximum absolute atomic E-state index is 6.65. The number of hydrogen-bond donors (Lipinski definition) is 0. The van der Waals surface area contributed by atoms with E-state index < -0.39 is 0 Å². The van der Waals surface area contributed by atoms with Gasteiger partial charge in [-0.2, -0.15) is 0 Å². The highest BCUT2D eigenvalue weighted by atomic mass is 16.3. The molecular weight excluding hydrogens is 621 g/mol. The maximum Gasteiger partial charge on any atom is 0.145 e. The number of aromatic nitrogens is 2. The number of fused-ring (bicyclic) bond motifs is 15. The lowest BCUT2D eigenvalue weighted by atomic mass is 9.93.